The quantitative estimate of drug-likeness (QED) is 0.652. The van der Waals surface area contributed by atoms with Crippen LogP contribution in [-0.4, -0.2) is 19.7 Å². The molecule has 1 unspecified atom stereocenters. The van der Waals surface area contributed by atoms with E-state index in [0.29, 0.717) is 5.69 Å². The van der Waals surface area contributed by atoms with E-state index in [9.17, 15) is 12.8 Å². The van der Waals surface area contributed by atoms with E-state index >= 15 is 0 Å². The smallest absolute Gasteiger partial charge is 0.229 e. The van der Waals surface area contributed by atoms with Crippen LogP contribution in [0.5, 0.6) is 0 Å². The van der Waals surface area contributed by atoms with E-state index in [2.05, 4.69) is 23.6 Å². The summed E-state index contributed by atoms with van der Waals surface area (Å²) in [5.74, 6) is -0.258. The first-order chi connectivity index (χ1) is 12.2. The molecule has 0 radical (unpaired) electrons. The number of para-hydroxylation sites is 1. The van der Waals surface area contributed by atoms with Gasteiger partial charge in [-0.2, -0.15) is 0 Å². The highest BCUT2D eigenvalue weighted by Crippen LogP contribution is 2.41. The van der Waals surface area contributed by atoms with Gasteiger partial charge in [0.1, 0.15) is 5.82 Å². The van der Waals surface area contributed by atoms with Crippen LogP contribution in [0.3, 0.4) is 0 Å². The van der Waals surface area contributed by atoms with Crippen LogP contribution in [0, 0.1) is 5.82 Å². The number of sulfonamides is 1. The summed E-state index contributed by atoms with van der Waals surface area (Å²) < 4.78 is 39.2. The molecule has 0 spiro atoms. The predicted octanol–water partition coefficient (Wildman–Crippen LogP) is 4.78. The minimum Gasteiger partial charge on any atom is -0.359 e. The first-order valence-corrected chi connectivity index (χ1v) is 10.5. The minimum absolute atomic E-state index is 0.258. The van der Waals surface area contributed by atoms with Gasteiger partial charge < -0.3 is 4.98 Å². The predicted molar refractivity (Wildman–Crippen MR) is 105 cm³/mol. The average Bonchev–Trinajstić information content (AvgIpc) is 3.00. The molecular weight excluding hydrogens is 351 g/mol. The van der Waals surface area contributed by atoms with E-state index in [1.807, 2.05) is 30.5 Å². The number of rotatable bonds is 6. The second-order valence-corrected chi connectivity index (χ2v) is 8.64. The van der Waals surface area contributed by atoms with E-state index in [1.165, 1.54) is 12.1 Å². The minimum atomic E-state index is -3.37. The van der Waals surface area contributed by atoms with Crippen molar-refractivity contribution in [2.45, 2.75) is 32.1 Å². The van der Waals surface area contributed by atoms with Gasteiger partial charge in [0.05, 0.1) is 17.5 Å². The summed E-state index contributed by atoms with van der Waals surface area (Å²) in [6.07, 6.45) is 4.91. The molecule has 0 saturated carbocycles. The maximum Gasteiger partial charge on any atom is 0.229 e. The van der Waals surface area contributed by atoms with Crippen LogP contribution in [0.2, 0.25) is 0 Å². The molecule has 4 nitrogen and oxygen atoms in total. The lowest BCUT2D eigenvalue weighted by Gasteiger charge is -2.30. The van der Waals surface area contributed by atoms with Crippen molar-refractivity contribution in [2.24, 2.45) is 0 Å². The Hall–Kier alpha value is -2.34. The number of anilines is 1. The first-order valence-electron chi connectivity index (χ1n) is 8.59. The summed E-state index contributed by atoms with van der Waals surface area (Å²) in [7, 11) is -3.37. The van der Waals surface area contributed by atoms with Gasteiger partial charge in [-0.15, -0.1) is 0 Å². The van der Waals surface area contributed by atoms with Crippen LogP contribution < -0.4 is 4.72 Å². The number of aromatic amines is 1. The van der Waals surface area contributed by atoms with Gasteiger partial charge >= 0.3 is 0 Å². The lowest BCUT2D eigenvalue weighted by Crippen LogP contribution is -2.23. The third-order valence-corrected chi connectivity index (χ3v) is 5.43. The molecule has 3 aromatic rings. The molecule has 138 valence electrons. The van der Waals surface area contributed by atoms with Gasteiger partial charge in [0.25, 0.3) is 0 Å². The van der Waals surface area contributed by atoms with Crippen LogP contribution in [0.15, 0.2) is 48.7 Å². The molecule has 0 amide bonds. The SMILES string of the molecule is CCCC(C)(c1ccc(F)cc1)c1c[nH]c2c(NS(C)(=O)=O)cccc12. The second-order valence-electron chi connectivity index (χ2n) is 6.89. The lowest BCUT2D eigenvalue weighted by atomic mass is 9.73. The van der Waals surface area contributed by atoms with Crippen LogP contribution in [0.1, 0.15) is 37.8 Å². The Labute approximate surface area is 153 Å². The molecule has 1 aromatic heterocycles. The van der Waals surface area contributed by atoms with E-state index < -0.39 is 10.0 Å². The number of H-pyrrole nitrogens is 1. The molecule has 0 fully saturated rings. The van der Waals surface area contributed by atoms with E-state index in [1.54, 1.807) is 6.07 Å². The molecule has 26 heavy (non-hydrogen) atoms. The zero-order valence-corrected chi connectivity index (χ0v) is 16.0. The summed E-state index contributed by atoms with van der Waals surface area (Å²) in [5.41, 5.74) is 3.05. The highest BCUT2D eigenvalue weighted by atomic mass is 32.2. The Bertz CT molecular complexity index is 1030. The Balaban J connectivity index is 2.18. The molecule has 1 heterocycles. The summed E-state index contributed by atoms with van der Waals surface area (Å²) >= 11 is 0. The number of aromatic nitrogens is 1. The fraction of sp³-hybridized carbons (Fsp3) is 0.300. The number of fused-ring (bicyclic) bond motifs is 1. The van der Waals surface area contributed by atoms with Gasteiger partial charge in [0.2, 0.25) is 10.0 Å². The molecule has 6 heteroatoms. The zero-order chi connectivity index (χ0) is 18.9. The average molecular weight is 374 g/mol. The molecule has 0 aliphatic carbocycles. The summed E-state index contributed by atoms with van der Waals surface area (Å²) in [6, 6.07) is 12.2. The maximum atomic E-state index is 13.4. The number of halogens is 1. The summed E-state index contributed by atoms with van der Waals surface area (Å²) in [6.45, 7) is 4.26. The molecular formula is C20H23FN2O2S. The van der Waals surface area contributed by atoms with Gasteiger partial charge in [-0.1, -0.05) is 44.5 Å². The summed E-state index contributed by atoms with van der Waals surface area (Å²) in [4.78, 5) is 3.22. The van der Waals surface area contributed by atoms with Crippen molar-refractivity contribution >= 4 is 26.6 Å². The zero-order valence-electron chi connectivity index (χ0n) is 15.1. The molecule has 0 aliphatic rings. The normalized spacial score (nSPS) is 14.3. The molecule has 1 atom stereocenters. The lowest BCUT2D eigenvalue weighted by molar-refractivity contribution is 0.514. The molecule has 0 aliphatic heterocycles. The Morgan fingerprint density at radius 2 is 1.85 bits per heavy atom. The standard InChI is InChI=1S/C20H23FN2O2S/c1-4-12-20(2,14-8-10-15(21)11-9-14)17-13-22-19-16(17)6-5-7-18(19)23-26(3,24)25/h5-11,13,22-23H,4,12H2,1-3H3. The summed E-state index contributed by atoms with van der Waals surface area (Å²) in [5, 5.41) is 0.957. The Morgan fingerprint density at radius 1 is 1.15 bits per heavy atom. The number of benzene rings is 2. The molecule has 3 rings (SSSR count). The molecule has 0 saturated heterocycles. The van der Waals surface area contributed by atoms with E-state index in [4.69, 9.17) is 0 Å². The van der Waals surface area contributed by atoms with Crippen molar-refractivity contribution < 1.29 is 12.8 Å². The van der Waals surface area contributed by atoms with Crippen LogP contribution in [0.25, 0.3) is 10.9 Å². The van der Waals surface area contributed by atoms with Gasteiger partial charge in [0, 0.05) is 17.0 Å². The van der Waals surface area contributed by atoms with Crippen LogP contribution >= 0.6 is 0 Å². The maximum absolute atomic E-state index is 13.4. The topological polar surface area (TPSA) is 62.0 Å². The van der Waals surface area contributed by atoms with Crippen molar-refractivity contribution in [3.05, 3.63) is 65.6 Å². The largest absolute Gasteiger partial charge is 0.359 e. The highest BCUT2D eigenvalue weighted by molar-refractivity contribution is 7.92. The van der Waals surface area contributed by atoms with Crippen molar-refractivity contribution in [2.75, 3.05) is 11.0 Å². The monoisotopic (exact) mass is 374 g/mol. The first kappa shape index (κ1) is 18.5. The third-order valence-electron chi connectivity index (χ3n) is 4.84. The van der Waals surface area contributed by atoms with E-state index in [0.717, 1.165) is 41.1 Å². The van der Waals surface area contributed by atoms with Crippen molar-refractivity contribution in [1.29, 1.82) is 0 Å². The van der Waals surface area contributed by atoms with E-state index in [-0.39, 0.29) is 11.2 Å². The van der Waals surface area contributed by atoms with Gasteiger partial charge in [-0.25, -0.2) is 12.8 Å². The number of hydrogen-bond donors (Lipinski definition) is 2. The van der Waals surface area contributed by atoms with Crippen LogP contribution in [-0.2, 0) is 15.4 Å². The van der Waals surface area contributed by atoms with Crippen LogP contribution in [0.4, 0.5) is 10.1 Å². The molecule has 2 aromatic carbocycles. The van der Waals surface area contributed by atoms with Gasteiger partial charge in [-0.05, 0) is 35.7 Å². The molecule has 0 bridgehead atoms. The third kappa shape index (κ3) is 3.46. The fourth-order valence-electron chi connectivity index (χ4n) is 3.65. The van der Waals surface area contributed by atoms with Crippen molar-refractivity contribution in [3.8, 4) is 0 Å². The van der Waals surface area contributed by atoms with Crippen molar-refractivity contribution in [1.82, 2.24) is 4.98 Å². The fourth-order valence-corrected chi connectivity index (χ4v) is 4.22. The van der Waals surface area contributed by atoms with Gasteiger partial charge in [0.15, 0.2) is 0 Å². The number of nitrogens with one attached hydrogen (secondary N) is 2. The Morgan fingerprint density at radius 3 is 2.46 bits per heavy atom. The molecule has 2 N–H and O–H groups in total. The van der Waals surface area contributed by atoms with Crippen molar-refractivity contribution in [3.63, 3.8) is 0 Å². The highest BCUT2D eigenvalue weighted by Gasteiger charge is 2.31. The Kier molecular flexibility index (Phi) is 4.80. The second kappa shape index (κ2) is 6.76. The number of hydrogen-bond acceptors (Lipinski definition) is 2. The van der Waals surface area contributed by atoms with Gasteiger partial charge in [-0.3, -0.25) is 4.72 Å².